The minimum Gasteiger partial charge on any atom is -0.497 e. The summed E-state index contributed by atoms with van der Waals surface area (Å²) >= 11 is 2.90. The molecule has 1 unspecified atom stereocenters. The Balaban J connectivity index is 1.57. The fraction of sp³-hybridized carbons (Fsp3) is 0.154. The lowest BCUT2D eigenvalue weighted by molar-refractivity contribution is -0.113. The molecule has 0 aromatic heterocycles. The Bertz CT molecular complexity index is 1310. The van der Waals surface area contributed by atoms with E-state index in [-0.39, 0.29) is 17.8 Å². The van der Waals surface area contributed by atoms with Gasteiger partial charge in [0.25, 0.3) is 5.91 Å². The Morgan fingerprint density at radius 3 is 2.44 bits per heavy atom. The van der Waals surface area contributed by atoms with Crippen LogP contribution in [0.25, 0.3) is 0 Å². The second kappa shape index (κ2) is 9.19. The summed E-state index contributed by atoms with van der Waals surface area (Å²) in [7, 11) is 3.58. The first-order valence-corrected chi connectivity index (χ1v) is 12.3. The third-order valence-electron chi connectivity index (χ3n) is 5.69. The SMILES string of the molecule is COc1ccc2c(c1)N(C)C(=C1SC(=NC(C)c3ccccc3)N(c3ccc(F)cc3)C1=O)S2. The summed E-state index contributed by atoms with van der Waals surface area (Å²) in [4.78, 5) is 23.9. The Morgan fingerprint density at radius 2 is 1.74 bits per heavy atom. The largest absolute Gasteiger partial charge is 0.497 e. The minimum absolute atomic E-state index is 0.154. The quantitative estimate of drug-likeness (QED) is 0.393. The van der Waals surface area contributed by atoms with Gasteiger partial charge in [0.1, 0.15) is 16.5 Å². The third-order valence-corrected chi connectivity index (χ3v) is 8.09. The molecule has 1 amide bonds. The number of methoxy groups -OCH3 is 1. The molecular formula is C26H22FN3O2S2. The molecule has 1 fully saturated rings. The van der Waals surface area contributed by atoms with Gasteiger partial charge >= 0.3 is 0 Å². The molecule has 0 bridgehead atoms. The van der Waals surface area contributed by atoms with Crippen LogP contribution in [0.1, 0.15) is 18.5 Å². The number of halogens is 1. The van der Waals surface area contributed by atoms with Gasteiger partial charge in [-0.1, -0.05) is 42.1 Å². The number of benzene rings is 3. The summed E-state index contributed by atoms with van der Waals surface area (Å²) in [6.07, 6.45) is 0. The van der Waals surface area contributed by atoms with Crippen LogP contribution in [-0.4, -0.2) is 25.2 Å². The molecule has 1 atom stereocenters. The molecule has 172 valence electrons. The number of carbonyl (C=O) groups is 1. The van der Waals surface area contributed by atoms with Crippen molar-refractivity contribution in [2.24, 2.45) is 4.99 Å². The summed E-state index contributed by atoms with van der Waals surface area (Å²) in [6.45, 7) is 2.00. The second-order valence-corrected chi connectivity index (χ2v) is 9.85. The molecule has 0 radical (unpaired) electrons. The lowest BCUT2D eigenvalue weighted by Crippen LogP contribution is -2.29. The maximum atomic E-state index is 13.7. The maximum Gasteiger partial charge on any atom is 0.274 e. The van der Waals surface area contributed by atoms with Crippen LogP contribution in [0.2, 0.25) is 0 Å². The van der Waals surface area contributed by atoms with E-state index in [0.29, 0.717) is 15.8 Å². The number of rotatable bonds is 4. The number of amidine groups is 1. The molecule has 1 saturated heterocycles. The average Bonchev–Trinajstić information content (AvgIpc) is 3.35. The summed E-state index contributed by atoms with van der Waals surface area (Å²) in [5.41, 5.74) is 2.62. The monoisotopic (exact) mass is 491 g/mol. The lowest BCUT2D eigenvalue weighted by Gasteiger charge is -2.18. The molecule has 3 aromatic carbocycles. The molecule has 2 aliphatic rings. The lowest BCUT2D eigenvalue weighted by atomic mass is 10.1. The van der Waals surface area contributed by atoms with Crippen molar-refractivity contribution in [2.75, 3.05) is 24.0 Å². The van der Waals surface area contributed by atoms with Crippen molar-refractivity contribution in [3.63, 3.8) is 0 Å². The molecule has 0 spiro atoms. The molecule has 8 heteroatoms. The molecule has 0 N–H and O–H groups in total. The first kappa shape index (κ1) is 22.6. The third kappa shape index (κ3) is 4.08. The van der Waals surface area contributed by atoms with E-state index in [1.165, 1.54) is 23.9 Å². The van der Waals surface area contributed by atoms with E-state index in [9.17, 15) is 9.18 Å². The molecule has 2 aliphatic heterocycles. The zero-order chi connectivity index (χ0) is 23.8. The zero-order valence-corrected chi connectivity index (χ0v) is 20.5. The van der Waals surface area contributed by atoms with E-state index in [1.54, 1.807) is 35.9 Å². The van der Waals surface area contributed by atoms with Crippen molar-refractivity contribution in [3.05, 3.63) is 94.1 Å². The van der Waals surface area contributed by atoms with Crippen molar-refractivity contribution in [1.29, 1.82) is 0 Å². The van der Waals surface area contributed by atoms with Gasteiger partial charge in [-0.25, -0.2) is 4.39 Å². The van der Waals surface area contributed by atoms with E-state index in [1.807, 2.05) is 67.4 Å². The van der Waals surface area contributed by atoms with E-state index in [2.05, 4.69) is 0 Å². The predicted octanol–water partition coefficient (Wildman–Crippen LogP) is 6.44. The van der Waals surface area contributed by atoms with Crippen LogP contribution in [0.15, 0.2) is 92.6 Å². The average molecular weight is 492 g/mol. The van der Waals surface area contributed by atoms with Gasteiger partial charge in [0.05, 0.1) is 29.6 Å². The Hall–Kier alpha value is -3.23. The van der Waals surface area contributed by atoms with Gasteiger partial charge < -0.3 is 9.64 Å². The molecule has 2 heterocycles. The number of nitrogens with zero attached hydrogens (tertiary/aromatic N) is 3. The molecule has 0 saturated carbocycles. The number of amides is 1. The first-order valence-electron chi connectivity index (χ1n) is 10.7. The fourth-order valence-corrected chi connectivity index (χ4v) is 6.22. The van der Waals surface area contributed by atoms with E-state index in [4.69, 9.17) is 9.73 Å². The van der Waals surface area contributed by atoms with Crippen LogP contribution in [0.4, 0.5) is 15.8 Å². The molecule has 34 heavy (non-hydrogen) atoms. The van der Waals surface area contributed by atoms with Crippen LogP contribution in [0.5, 0.6) is 5.75 Å². The maximum absolute atomic E-state index is 13.7. The first-order chi connectivity index (χ1) is 16.5. The number of aliphatic imine (C=N–C) groups is 1. The van der Waals surface area contributed by atoms with Crippen molar-refractivity contribution in [2.45, 2.75) is 17.9 Å². The Kier molecular flexibility index (Phi) is 6.10. The molecule has 5 nitrogen and oxygen atoms in total. The van der Waals surface area contributed by atoms with Crippen molar-refractivity contribution in [3.8, 4) is 5.75 Å². The highest BCUT2D eigenvalue weighted by Crippen LogP contribution is 2.51. The predicted molar refractivity (Wildman–Crippen MR) is 138 cm³/mol. The number of thioether (sulfide) groups is 2. The van der Waals surface area contributed by atoms with Crippen molar-refractivity contribution < 1.29 is 13.9 Å². The van der Waals surface area contributed by atoms with Crippen LogP contribution in [0.3, 0.4) is 0 Å². The minimum atomic E-state index is -0.353. The van der Waals surface area contributed by atoms with Gasteiger partial charge in [0, 0.05) is 18.0 Å². The van der Waals surface area contributed by atoms with E-state index >= 15 is 0 Å². The van der Waals surface area contributed by atoms with Gasteiger partial charge in [0.2, 0.25) is 0 Å². The summed E-state index contributed by atoms with van der Waals surface area (Å²) in [5.74, 6) is 0.229. The number of ether oxygens (including phenoxy) is 1. The number of hydrogen-bond donors (Lipinski definition) is 0. The summed E-state index contributed by atoms with van der Waals surface area (Å²) in [5, 5.41) is 1.40. The van der Waals surface area contributed by atoms with Crippen LogP contribution in [-0.2, 0) is 4.79 Å². The van der Waals surface area contributed by atoms with Crippen molar-refractivity contribution >= 4 is 46.0 Å². The van der Waals surface area contributed by atoms with Gasteiger partial charge in [-0.15, -0.1) is 0 Å². The molecule has 5 rings (SSSR count). The van der Waals surface area contributed by atoms with Crippen LogP contribution >= 0.6 is 23.5 Å². The second-order valence-electron chi connectivity index (χ2n) is 7.85. The highest BCUT2D eigenvalue weighted by Gasteiger charge is 2.40. The highest BCUT2D eigenvalue weighted by molar-refractivity contribution is 8.20. The highest BCUT2D eigenvalue weighted by atomic mass is 32.2. The van der Waals surface area contributed by atoms with Gasteiger partial charge in [0.15, 0.2) is 5.17 Å². The summed E-state index contributed by atoms with van der Waals surface area (Å²) in [6, 6.07) is 21.6. The molecular weight excluding hydrogens is 469 g/mol. The fourth-order valence-electron chi connectivity index (χ4n) is 3.83. The van der Waals surface area contributed by atoms with Gasteiger partial charge in [-0.2, -0.15) is 0 Å². The molecule has 3 aromatic rings. The van der Waals surface area contributed by atoms with Gasteiger partial charge in [-0.05, 0) is 60.6 Å². The smallest absolute Gasteiger partial charge is 0.274 e. The Labute approximate surface area is 206 Å². The Morgan fingerprint density at radius 1 is 1.00 bits per heavy atom. The zero-order valence-electron chi connectivity index (χ0n) is 18.9. The number of anilines is 2. The van der Waals surface area contributed by atoms with Crippen molar-refractivity contribution in [1.82, 2.24) is 0 Å². The van der Waals surface area contributed by atoms with Crippen LogP contribution in [0, 0.1) is 5.82 Å². The van der Waals surface area contributed by atoms with Crippen LogP contribution < -0.4 is 14.5 Å². The number of hydrogen-bond acceptors (Lipinski definition) is 6. The number of carbonyl (C=O) groups excluding carboxylic acids is 1. The summed E-state index contributed by atoms with van der Waals surface area (Å²) < 4.78 is 19.0. The van der Waals surface area contributed by atoms with E-state index in [0.717, 1.165) is 26.9 Å². The molecule has 0 aliphatic carbocycles. The standard InChI is InChI=1S/C26H22FN3O2S2/c1-16(17-7-5-4-6-8-17)28-26-30(19-11-9-18(27)10-12-19)24(31)23(34-26)25-29(2)21-15-20(32-3)13-14-22(21)33-25/h4-16H,1-3H3. The van der Waals surface area contributed by atoms with Gasteiger partial charge in [-0.3, -0.25) is 14.7 Å². The topological polar surface area (TPSA) is 45.1 Å². The normalized spacial score (nSPS) is 19.6. The number of fused-ring (bicyclic) bond motifs is 1. The van der Waals surface area contributed by atoms with E-state index < -0.39 is 0 Å².